The van der Waals surface area contributed by atoms with E-state index in [1.165, 1.54) is 54.6 Å². The smallest absolute Gasteiger partial charge is 0.337 e. The molecule has 0 aromatic heterocycles. The Bertz CT molecular complexity index is 742. The standard InChI is InChI=1S/C16H11ClFNO3/c17-11-4-7-14(13(9-11)16(21)22)19-15(20)8-3-10-1-5-12(18)6-2-10/h1-9H,(H,19,20)(H,21,22)/b8-3+. The average molecular weight is 320 g/mol. The summed E-state index contributed by atoms with van der Waals surface area (Å²) in [6.45, 7) is 0. The van der Waals surface area contributed by atoms with Gasteiger partial charge in [0.1, 0.15) is 5.82 Å². The molecule has 0 aliphatic carbocycles. The van der Waals surface area contributed by atoms with Crippen molar-refractivity contribution in [1.82, 2.24) is 0 Å². The summed E-state index contributed by atoms with van der Waals surface area (Å²) in [7, 11) is 0. The van der Waals surface area contributed by atoms with Crippen LogP contribution in [-0.2, 0) is 4.79 Å². The van der Waals surface area contributed by atoms with E-state index in [-0.39, 0.29) is 22.1 Å². The van der Waals surface area contributed by atoms with Gasteiger partial charge in [-0.05, 0) is 42.0 Å². The summed E-state index contributed by atoms with van der Waals surface area (Å²) >= 11 is 5.73. The number of halogens is 2. The number of aromatic carboxylic acids is 1. The van der Waals surface area contributed by atoms with Crippen LogP contribution in [0.3, 0.4) is 0 Å². The lowest BCUT2D eigenvalue weighted by Crippen LogP contribution is -2.12. The number of carbonyl (C=O) groups excluding carboxylic acids is 1. The molecule has 0 radical (unpaired) electrons. The molecule has 0 unspecified atom stereocenters. The first-order valence-electron chi connectivity index (χ1n) is 6.23. The molecular formula is C16H11ClFNO3. The van der Waals surface area contributed by atoms with Crippen LogP contribution in [0.2, 0.25) is 5.02 Å². The summed E-state index contributed by atoms with van der Waals surface area (Å²) in [6.07, 6.45) is 2.72. The van der Waals surface area contributed by atoms with Gasteiger partial charge in [0, 0.05) is 11.1 Å². The van der Waals surface area contributed by atoms with E-state index < -0.39 is 11.9 Å². The molecule has 4 nitrogen and oxygen atoms in total. The Morgan fingerprint density at radius 3 is 2.45 bits per heavy atom. The van der Waals surface area contributed by atoms with E-state index in [0.717, 1.165) is 0 Å². The Morgan fingerprint density at radius 2 is 1.82 bits per heavy atom. The quantitative estimate of drug-likeness (QED) is 0.842. The molecule has 22 heavy (non-hydrogen) atoms. The Balaban J connectivity index is 2.12. The van der Waals surface area contributed by atoms with Crippen molar-refractivity contribution in [2.24, 2.45) is 0 Å². The minimum absolute atomic E-state index is 0.101. The van der Waals surface area contributed by atoms with Crippen LogP contribution in [-0.4, -0.2) is 17.0 Å². The molecule has 2 aromatic rings. The Labute approximate surface area is 130 Å². The number of anilines is 1. The van der Waals surface area contributed by atoms with Crippen molar-refractivity contribution in [3.8, 4) is 0 Å². The number of amides is 1. The fraction of sp³-hybridized carbons (Fsp3) is 0. The maximum absolute atomic E-state index is 12.8. The normalized spacial score (nSPS) is 10.6. The van der Waals surface area contributed by atoms with Crippen LogP contribution in [0, 0.1) is 5.82 Å². The van der Waals surface area contributed by atoms with E-state index in [2.05, 4.69) is 5.32 Å². The largest absolute Gasteiger partial charge is 0.478 e. The van der Waals surface area contributed by atoms with E-state index >= 15 is 0 Å². The summed E-state index contributed by atoms with van der Waals surface area (Å²) < 4.78 is 12.8. The van der Waals surface area contributed by atoms with Gasteiger partial charge < -0.3 is 10.4 Å². The second-order valence-electron chi connectivity index (χ2n) is 4.37. The van der Waals surface area contributed by atoms with Crippen molar-refractivity contribution in [3.05, 3.63) is 70.5 Å². The minimum atomic E-state index is -1.19. The topological polar surface area (TPSA) is 66.4 Å². The van der Waals surface area contributed by atoms with Crippen LogP contribution < -0.4 is 5.32 Å². The summed E-state index contributed by atoms with van der Waals surface area (Å²) in [5.41, 5.74) is 0.688. The number of carboxylic acid groups (broad SMARTS) is 1. The van der Waals surface area contributed by atoms with Gasteiger partial charge in [-0.25, -0.2) is 9.18 Å². The van der Waals surface area contributed by atoms with Crippen molar-refractivity contribution in [3.63, 3.8) is 0 Å². The lowest BCUT2D eigenvalue weighted by atomic mass is 10.1. The molecule has 2 N–H and O–H groups in total. The van der Waals surface area contributed by atoms with Crippen LogP contribution in [0.15, 0.2) is 48.5 Å². The van der Waals surface area contributed by atoms with Crippen molar-refractivity contribution in [2.75, 3.05) is 5.32 Å². The van der Waals surface area contributed by atoms with Crippen LogP contribution in [0.5, 0.6) is 0 Å². The summed E-state index contributed by atoms with van der Waals surface area (Å²) in [4.78, 5) is 22.9. The molecule has 1 amide bonds. The fourth-order valence-electron chi connectivity index (χ4n) is 1.72. The average Bonchev–Trinajstić information content (AvgIpc) is 2.48. The second kappa shape index (κ2) is 6.87. The highest BCUT2D eigenvalue weighted by atomic mass is 35.5. The summed E-state index contributed by atoms with van der Waals surface area (Å²) in [6, 6.07) is 9.73. The third-order valence-electron chi connectivity index (χ3n) is 2.77. The minimum Gasteiger partial charge on any atom is -0.478 e. The third kappa shape index (κ3) is 4.17. The van der Waals surface area contributed by atoms with Crippen molar-refractivity contribution in [2.45, 2.75) is 0 Å². The van der Waals surface area contributed by atoms with Gasteiger partial charge in [-0.1, -0.05) is 23.7 Å². The summed E-state index contributed by atoms with van der Waals surface area (Å²) in [5.74, 6) is -2.07. The highest BCUT2D eigenvalue weighted by Gasteiger charge is 2.12. The number of hydrogen-bond acceptors (Lipinski definition) is 2. The van der Waals surface area contributed by atoms with Crippen molar-refractivity contribution < 1.29 is 19.1 Å². The van der Waals surface area contributed by atoms with Gasteiger partial charge in [-0.2, -0.15) is 0 Å². The molecule has 0 heterocycles. The van der Waals surface area contributed by atoms with Gasteiger partial charge in [0.15, 0.2) is 0 Å². The van der Waals surface area contributed by atoms with Crippen LogP contribution in [0.25, 0.3) is 6.08 Å². The van der Waals surface area contributed by atoms with Crippen molar-refractivity contribution >= 4 is 35.2 Å². The van der Waals surface area contributed by atoms with Crippen LogP contribution >= 0.6 is 11.6 Å². The third-order valence-corrected chi connectivity index (χ3v) is 3.00. The molecule has 112 valence electrons. The van der Waals surface area contributed by atoms with Gasteiger partial charge in [-0.15, -0.1) is 0 Å². The molecule has 2 rings (SSSR count). The molecule has 0 atom stereocenters. The van der Waals surface area contributed by atoms with Gasteiger partial charge in [-0.3, -0.25) is 4.79 Å². The molecule has 0 saturated carbocycles. The zero-order valence-corrected chi connectivity index (χ0v) is 12.0. The Hall–Kier alpha value is -2.66. The van der Waals surface area contributed by atoms with Gasteiger partial charge in [0.2, 0.25) is 5.91 Å². The van der Waals surface area contributed by atoms with E-state index in [4.69, 9.17) is 16.7 Å². The molecule has 0 spiro atoms. The predicted octanol–water partition coefficient (Wildman–Crippen LogP) is 3.83. The SMILES string of the molecule is O=C(/C=C/c1ccc(F)cc1)Nc1ccc(Cl)cc1C(=O)O. The Kier molecular flexibility index (Phi) is 4.91. The number of nitrogens with one attached hydrogen (secondary N) is 1. The van der Waals surface area contributed by atoms with Crippen molar-refractivity contribution in [1.29, 1.82) is 0 Å². The predicted molar refractivity (Wildman–Crippen MR) is 82.5 cm³/mol. The summed E-state index contributed by atoms with van der Waals surface area (Å²) in [5, 5.41) is 11.8. The second-order valence-corrected chi connectivity index (χ2v) is 4.81. The molecule has 0 aliphatic rings. The first kappa shape index (κ1) is 15.7. The van der Waals surface area contributed by atoms with E-state index in [1.54, 1.807) is 0 Å². The molecule has 2 aromatic carbocycles. The van der Waals surface area contributed by atoms with Crippen LogP contribution in [0.1, 0.15) is 15.9 Å². The van der Waals surface area contributed by atoms with E-state index in [1.807, 2.05) is 0 Å². The number of benzene rings is 2. The number of carboxylic acids is 1. The number of hydrogen-bond donors (Lipinski definition) is 2. The van der Waals surface area contributed by atoms with Crippen LogP contribution in [0.4, 0.5) is 10.1 Å². The monoisotopic (exact) mass is 319 g/mol. The zero-order valence-electron chi connectivity index (χ0n) is 11.2. The molecule has 0 bridgehead atoms. The highest BCUT2D eigenvalue weighted by molar-refractivity contribution is 6.31. The van der Waals surface area contributed by atoms with E-state index in [0.29, 0.717) is 5.56 Å². The maximum atomic E-state index is 12.8. The highest BCUT2D eigenvalue weighted by Crippen LogP contribution is 2.20. The first-order valence-corrected chi connectivity index (χ1v) is 6.61. The number of carbonyl (C=O) groups is 2. The van der Waals surface area contributed by atoms with Gasteiger partial charge in [0.05, 0.1) is 11.3 Å². The Morgan fingerprint density at radius 1 is 1.14 bits per heavy atom. The molecule has 0 fully saturated rings. The lowest BCUT2D eigenvalue weighted by molar-refractivity contribution is -0.111. The lowest BCUT2D eigenvalue weighted by Gasteiger charge is -2.06. The fourth-order valence-corrected chi connectivity index (χ4v) is 1.89. The molecular weight excluding hydrogens is 309 g/mol. The molecule has 0 aliphatic heterocycles. The van der Waals surface area contributed by atoms with E-state index in [9.17, 15) is 14.0 Å². The maximum Gasteiger partial charge on any atom is 0.337 e. The van der Waals surface area contributed by atoms with Gasteiger partial charge in [0.25, 0.3) is 0 Å². The van der Waals surface area contributed by atoms with Gasteiger partial charge >= 0.3 is 5.97 Å². The zero-order chi connectivity index (χ0) is 16.1. The first-order chi connectivity index (χ1) is 10.5. The number of rotatable bonds is 4. The molecule has 0 saturated heterocycles. The molecule has 6 heteroatoms.